The number of piperazine rings is 1. The quantitative estimate of drug-likeness (QED) is 0.527. The number of anilines is 2. The molecule has 0 spiro atoms. The Hall–Kier alpha value is -1.98. The highest BCUT2D eigenvalue weighted by atomic mass is 35.5. The Morgan fingerprint density at radius 1 is 1.06 bits per heavy atom. The summed E-state index contributed by atoms with van der Waals surface area (Å²) in [6, 6.07) is 12.4. The van der Waals surface area contributed by atoms with Crippen LogP contribution in [0.25, 0.3) is 10.1 Å². The minimum Gasteiger partial charge on any atom is -0.412 e. The van der Waals surface area contributed by atoms with E-state index in [4.69, 9.17) is 16.3 Å². The fourth-order valence-corrected chi connectivity index (χ4v) is 5.62. The topological polar surface area (TPSA) is 121 Å². The largest absolute Gasteiger partial charge is 0.412 e. The number of carbonyl (C=O) groups is 1. The van der Waals surface area contributed by atoms with E-state index in [1.807, 2.05) is 6.07 Å². The van der Waals surface area contributed by atoms with Crippen LogP contribution in [0.1, 0.15) is 24.0 Å². The maximum atomic E-state index is 11.6. The Bertz CT molecular complexity index is 1130. The van der Waals surface area contributed by atoms with Crippen LogP contribution in [0.2, 0.25) is 5.02 Å². The van der Waals surface area contributed by atoms with Gasteiger partial charge in [-0.3, -0.25) is 9.69 Å². The van der Waals surface area contributed by atoms with Crippen molar-refractivity contribution in [2.24, 2.45) is 0 Å². The molecule has 6 rings (SSSR count). The van der Waals surface area contributed by atoms with Crippen molar-refractivity contribution >= 4 is 63.0 Å². The molecule has 11 heteroatoms. The molecule has 0 saturated carbocycles. The van der Waals surface area contributed by atoms with Crippen molar-refractivity contribution in [2.75, 3.05) is 56.2 Å². The lowest BCUT2D eigenvalue weighted by Gasteiger charge is -2.35. The van der Waals surface area contributed by atoms with E-state index in [0.29, 0.717) is 6.42 Å². The zero-order valence-electron chi connectivity index (χ0n) is 20.1. The third-order valence-corrected chi connectivity index (χ3v) is 7.62. The second-order valence-corrected chi connectivity index (χ2v) is 9.94. The average Bonchev–Trinajstić information content (AvgIpc) is 3.59. The molecule has 8 nitrogen and oxygen atoms in total. The Kier molecular flexibility index (Phi) is 11.8. The second-order valence-electron chi connectivity index (χ2n) is 8.73. The lowest BCUT2D eigenvalue weighted by molar-refractivity contribution is -0.115. The summed E-state index contributed by atoms with van der Waals surface area (Å²) in [4.78, 5) is 16.4. The SMILES string of the molecule is C1CCOC1.Cl.O.O.O=C1Cc2cc(CCN3CCN(c4nsc5ccccc45)CC3)c(Cl)cc2N1. The van der Waals surface area contributed by atoms with Gasteiger partial charge in [0.15, 0.2) is 0 Å². The van der Waals surface area contributed by atoms with Crippen LogP contribution in [0.5, 0.6) is 0 Å². The summed E-state index contributed by atoms with van der Waals surface area (Å²) >= 11 is 8.01. The summed E-state index contributed by atoms with van der Waals surface area (Å²) < 4.78 is 10.9. The Morgan fingerprint density at radius 2 is 1.78 bits per heavy atom. The molecule has 3 aliphatic heterocycles. The number of carbonyl (C=O) groups excluding carboxylic acids is 1. The van der Waals surface area contributed by atoms with Gasteiger partial charge in [-0.2, -0.15) is 4.37 Å². The van der Waals surface area contributed by atoms with E-state index in [1.165, 1.54) is 22.9 Å². The zero-order valence-corrected chi connectivity index (χ0v) is 22.5. The number of hydrogen-bond acceptors (Lipinski definition) is 6. The van der Waals surface area contributed by atoms with Crippen LogP contribution in [0.15, 0.2) is 36.4 Å². The molecule has 2 fully saturated rings. The summed E-state index contributed by atoms with van der Waals surface area (Å²) in [5, 5.41) is 4.86. The van der Waals surface area contributed by atoms with Gasteiger partial charge in [0.25, 0.3) is 0 Å². The molecule has 0 aliphatic carbocycles. The summed E-state index contributed by atoms with van der Waals surface area (Å²) in [7, 11) is 0. The van der Waals surface area contributed by atoms with Crippen LogP contribution in [0, 0.1) is 0 Å². The zero-order chi connectivity index (χ0) is 22.6. The first-order valence-electron chi connectivity index (χ1n) is 11.7. The molecule has 4 heterocycles. The lowest BCUT2D eigenvalue weighted by atomic mass is 10.1. The smallest absolute Gasteiger partial charge is 0.228 e. The van der Waals surface area contributed by atoms with Crippen LogP contribution < -0.4 is 10.2 Å². The van der Waals surface area contributed by atoms with Gasteiger partial charge in [0, 0.05) is 62.0 Å². The van der Waals surface area contributed by atoms with Gasteiger partial charge >= 0.3 is 0 Å². The van der Waals surface area contributed by atoms with Crippen molar-refractivity contribution in [3.05, 3.63) is 52.5 Å². The van der Waals surface area contributed by atoms with Crippen molar-refractivity contribution in [1.82, 2.24) is 9.27 Å². The highest BCUT2D eigenvalue weighted by molar-refractivity contribution is 7.13. The first kappa shape index (κ1) is 30.2. The summed E-state index contributed by atoms with van der Waals surface area (Å²) in [6.45, 7) is 7.00. The van der Waals surface area contributed by atoms with Crippen molar-refractivity contribution in [1.29, 1.82) is 0 Å². The van der Waals surface area contributed by atoms with Crippen LogP contribution in [0.4, 0.5) is 11.5 Å². The fourth-order valence-electron chi connectivity index (χ4n) is 4.56. The molecule has 0 atom stereocenters. The highest BCUT2D eigenvalue weighted by Crippen LogP contribution is 2.31. The minimum absolute atomic E-state index is 0. The number of ether oxygens (including phenoxy) is 1. The van der Waals surface area contributed by atoms with Crippen LogP contribution in [-0.2, 0) is 22.4 Å². The number of amides is 1. The Labute approximate surface area is 226 Å². The van der Waals surface area contributed by atoms with Crippen molar-refractivity contribution in [2.45, 2.75) is 25.7 Å². The minimum atomic E-state index is 0. The van der Waals surface area contributed by atoms with Gasteiger partial charge in [-0.25, -0.2) is 0 Å². The van der Waals surface area contributed by atoms with E-state index in [1.54, 1.807) is 11.5 Å². The predicted octanol–water partition coefficient (Wildman–Crippen LogP) is 3.38. The molecule has 3 aromatic rings. The maximum absolute atomic E-state index is 11.6. The van der Waals surface area contributed by atoms with Crippen LogP contribution in [-0.4, -0.2) is 72.1 Å². The summed E-state index contributed by atoms with van der Waals surface area (Å²) in [6.07, 6.45) is 3.92. The normalized spacial score (nSPS) is 16.7. The molecule has 3 aliphatic rings. The molecule has 0 unspecified atom stereocenters. The molecular weight excluding hydrogens is 523 g/mol. The van der Waals surface area contributed by atoms with E-state index in [0.717, 1.165) is 80.0 Å². The van der Waals surface area contributed by atoms with Gasteiger partial charge in [0.1, 0.15) is 5.82 Å². The van der Waals surface area contributed by atoms with Gasteiger partial charge < -0.3 is 25.9 Å². The van der Waals surface area contributed by atoms with Crippen LogP contribution in [0.3, 0.4) is 0 Å². The Morgan fingerprint density at radius 3 is 2.47 bits per heavy atom. The Balaban J connectivity index is 0.000000513. The summed E-state index contributed by atoms with van der Waals surface area (Å²) in [5.41, 5.74) is 3.05. The number of fused-ring (bicyclic) bond motifs is 2. The lowest BCUT2D eigenvalue weighted by Crippen LogP contribution is -2.47. The monoisotopic (exact) mass is 556 g/mol. The number of rotatable bonds is 4. The maximum Gasteiger partial charge on any atom is 0.228 e. The molecule has 2 saturated heterocycles. The molecule has 198 valence electrons. The molecule has 0 bridgehead atoms. The number of hydrogen-bond donors (Lipinski definition) is 1. The van der Waals surface area contributed by atoms with E-state index in [2.05, 4.69) is 49.8 Å². The summed E-state index contributed by atoms with van der Waals surface area (Å²) in [5.74, 6) is 1.17. The number of benzene rings is 2. The third-order valence-electron chi connectivity index (χ3n) is 6.45. The molecule has 36 heavy (non-hydrogen) atoms. The van der Waals surface area contributed by atoms with Gasteiger partial charge in [-0.15, -0.1) is 12.4 Å². The van der Waals surface area contributed by atoms with Gasteiger partial charge in [0.05, 0.1) is 11.1 Å². The van der Waals surface area contributed by atoms with Crippen molar-refractivity contribution in [3.8, 4) is 0 Å². The first-order chi connectivity index (χ1) is 16.2. The molecule has 5 N–H and O–H groups in total. The van der Waals surface area contributed by atoms with Crippen molar-refractivity contribution < 1.29 is 20.5 Å². The molecule has 2 aromatic carbocycles. The molecule has 1 aromatic heterocycles. The van der Waals surface area contributed by atoms with Gasteiger partial charge in [-0.1, -0.05) is 29.8 Å². The van der Waals surface area contributed by atoms with Crippen molar-refractivity contribution in [3.63, 3.8) is 0 Å². The standard InChI is InChI=1S/C21H21ClN4OS.C4H8O.ClH.2H2O/c22-17-13-18-15(12-20(27)23-18)11-14(17)5-6-25-7-9-26(10-8-25)21-16-3-1-2-4-19(16)28-24-21;1-2-4-5-3-1;;;/h1-4,11,13H,5-10,12H2,(H,23,27);1-4H2;1H;2*1H2. The van der Waals surface area contributed by atoms with E-state index in [9.17, 15) is 4.79 Å². The molecular formula is C25H34Cl2N4O4S. The van der Waals surface area contributed by atoms with Crippen LogP contribution >= 0.6 is 35.5 Å². The van der Waals surface area contributed by atoms with E-state index < -0.39 is 0 Å². The predicted molar refractivity (Wildman–Crippen MR) is 150 cm³/mol. The molecule has 0 radical (unpaired) electrons. The number of nitrogens with zero attached hydrogens (tertiary/aromatic N) is 3. The number of halogens is 2. The van der Waals surface area contributed by atoms with Gasteiger partial charge in [-0.05, 0) is 60.1 Å². The third kappa shape index (κ3) is 7.07. The highest BCUT2D eigenvalue weighted by Gasteiger charge is 2.22. The van der Waals surface area contributed by atoms with Gasteiger partial charge in [0.2, 0.25) is 5.91 Å². The second kappa shape index (κ2) is 14.1. The van der Waals surface area contributed by atoms with E-state index in [-0.39, 0.29) is 29.3 Å². The fraction of sp³-hybridized carbons (Fsp3) is 0.440. The average molecular weight is 558 g/mol. The first-order valence-corrected chi connectivity index (χ1v) is 12.8. The molecule has 1 amide bonds. The number of nitrogens with one attached hydrogen (secondary N) is 1. The van der Waals surface area contributed by atoms with E-state index >= 15 is 0 Å². The number of aromatic nitrogens is 1.